The summed E-state index contributed by atoms with van der Waals surface area (Å²) in [7, 11) is 0. The first-order valence-electron chi connectivity index (χ1n) is 5.58. The number of carbonyl (C=O) groups is 1. The molecule has 4 nitrogen and oxygen atoms in total. The van der Waals surface area contributed by atoms with Gasteiger partial charge in [-0.15, -0.1) is 0 Å². The summed E-state index contributed by atoms with van der Waals surface area (Å²) >= 11 is 5.90. The van der Waals surface area contributed by atoms with Gasteiger partial charge in [0.15, 0.2) is 0 Å². The fraction of sp³-hybridized carbons (Fsp3) is 0.333. The van der Waals surface area contributed by atoms with Crippen molar-refractivity contribution in [3.05, 3.63) is 29.4 Å². The molecule has 0 bridgehead atoms. The smallest absolute Gasteiger partial charge is 0.221 e. The predicted octanol–water partition coefficient (Wildman–Crippen LogP) is 2.22. The van der Waals surface area contributed by atoms with Gasteiger partial charge in [-0.25, -0.2) is 0 Å². The minimum Gasteiger partial charge on any atom is -0.356 e. The second-order valence-corrected chi connectivity index (χ2v) is 4.21. The first-order valence-corrected chi connectivity index (χ1v) is 5.96. The molecule has 1 amide bonds. The number of aromatic nitrogens is 2. The third-order valence-corrected chi connectivity index (χ3v) is 2.76. The standard InChI is InChI=1S/C12H14ClN3O/c1-2-14-12(17)5-6-16-11-4-3-10(13)7-9(11)8-15-16/h3-4,7-8H,2,5-6H2,1H3,(H,14,17). The molecule has 1 aromatic heterocycles. The van der Waals surface area contributed by atoms with Gasteiger partial charge < -0.3 is 5.32 Å². The molecular formula is C12H14ClN3O. The van der Waals surface area contributed by atoms with Gasteiger partial charge in [0, 0.05) is 23.4 Å². The summed E-state index contributed by atoms with van der Waals surface area (Å²) < 4.78 is 1.82. The summed E-state index contributed by atoms with van der Waals surface area (Å²) in [6.07, 6.45) is 2.20. The summed E-state index contributed by atoms with van der Waals surface area (Å²) in [5, 5.41) is 8.70. The van der Waals surface area contributed by atoms with Gasteiger partial charge in [0.05, 0.1) is 18.3 Å². The van der Waals surface area contributed by atoms with Crippen molar-refractivity contribution in [1.82, 2.24) is 15.1 Å². The molecule has 1 aromatic carbocycles. The number of rotatable bonds is 4. The van der Waals surface area contributed by atoms with E-state index in [1.807, 2.05) is 29.8 Å². The van der Waals surface area contributed by atoms with Gasteiger partial charge in [0.1, 0.15) is 0 Å². The molecular weight excluding hydrogens is 238 g/mol. The van der Waals surface area contributed by atoms with E-state index in [9.17, 15) is 4.79 Å². The molecule has 0 saturated heterocycles. The van der Waals surface area contributed by atoms with E-state index >= 15 is 0 Å². The highest BCUT2D eigenvalue weighted by Crippen LogP contribution is 2.18. The summed E-state index contributed by atoms with van der Waals surface area (Å²) in [6.45, 7) is 3.15. The number of hydrogen-bond acceptors (Lipinski definition) is 2. The normalized spacial score (nSPS) is 10.7. The van der Waals surface area contributed by atoms with Crippen LogP contribution in [0, 0.1) is 0 Å². The zero-order valence-corrected chi connectivity index (χ0v) is 10.4. The Morgan fingerprint density at radius 3 is 3.12 bits per heavy atom. The Kier molecular flexibility index (Phi) is 3.64. The number of nitrogens with zero attached hydrogens (tertiary/aromatic N) is 2. The monoisotopic (exact) mass is 251 g/mol. The Balaban J connectivity index is 2.11. The number of amides is 1. The molecule has 2 rings (SSSR count). The van der Waals surface area contributed by atoms with Crippen LogP contribution in [0.4, 0.5) is 0 Å². The zero-order valence-electron chi connectivity index (χ0n) is 9.61. The molecule has 90 valence electrons. The van der Waals surface area contributed by atoms with Crippen LogP contribution in [0.25, 0.3) is 10.9 Å². The molecule has 0 radical (unpaired) electrons. The average molecular weight is 252 g/mol. The maximum absolute atomic E-state index is 11.4. The molecule has 5 heteroatoms. The highest BCUT2D eigenvalue weighted by atomic mass is 35.5. The van der Waals surface area contributed by atoms with Crippen molar-refractivity contribution in [2.45, 2.75) is 19.9 Å². The summed E-state index contributed by atoms with van der Waals surface area (Å²) in [4.78, 5) is 11.4. The van der Waals surface area contributed by atoms with Crippen LogP contribution in [0.3, 0.4) is 0 Å². The fourth-order valence-electron chi connectivity index (χ4n) is 1.73. The summed E-state index contributed by atoms with van der Waals surface area (Å²) in [5.74, 6) is 0.0464. The van der Waals surface area contributed by atoms with Crippen molar-refractivity contribution < 1.29 is 4.79 Å². The van der Waals surface area contributed by atoms with E-state index < -0.39 is 0 Å². The van der Waals surface area contributed by atoms with Crippen LogP contribution in [0.2, 0.25) is 5.02 Å². The van der Waals surface area contributed by atoms with Crippen molar-refractivity contribution in [1.29, 1.82) is 0 Å². The van der Waals surface area contributed by atoms with Gasteiger partial charge in [-0.2, -0.15) is 5.10 Å². The van der Waals surface area contributed by atoms with Crippen LogP contribution in [-0.2, 0) is 11.3 Å². The highest BCUT2D eigenvalue weighted by Gasteiger charge is 2.05. The molecule has 2 aromatic rings. The third-order valence-electron chi connectivity index (χ3n) is 2.53. The van der Waals surface area contributed by atoms with Crippen molar-refractivity contribution in [2.24, 2.45) is 0 Å². The van der Waals surface area contributed by atoms with E-state index in [-0.39, 0.29) is 5.91 Å². The zero-order chi connectivity index (χ0) is 12.3. The second kappa shape index (κ2) is 5.19. The molecule has 0 aliphatic rings. The first-order chi connectivity index (χ1) is 8.20. The Morgan fingerprint density at radius 2 is 2.35 bits per heavy atom. The average Bonchev–Trinajstić information content (AvgIpc) is 2.69. The number of carbonyl (C=O) groups excluding carboxylic acids is 1. The van der Waals surface area contributed by atoms with E-state index in [0.29, 0.717) is 24.5 Å². The lowest BCUT2D eigenvalue weighted by atomic mass is 10.2. The lowest BCUT2D eigenvalue weighted by molar-refractivity contribution is -0.121. The second-order valence-electron chi connectivity index (χ2n) is 3.77. The minimum atomic E-state index is 0.0464. The van der Waals surface area contributed by atoms with Gasteiger partial charge in [-0.3, -0.25) is 9.48 Å². The minimum absolute atomic E-state index is 0.0464. The molecule has 0 spiro atoms. The topological polar surface area (TPSA) is 46.9 Å². The maximum Gasteiger partial charge on any atom is 0.221 e. The number of aryl methyl sites for hydroxylation is 1. The molecule has 1 N–H and O–H groups in total. The quantitative estimate of drug-likeness (QED) is 0.906. The van der Waals surface area contributed by atoms with E-state index in [2.05, 4.69) is 10.4 Å². The SMILES string of the molecule is CCNC(=O)CCn1ncc2cc(Cl)ccc21. The first kappa shape index (κ1) is 11.9. The van der Waals surface area contributed by atoms with Crippen molar-refractivity contribution in [2.75, 3.05) is 6.54 Å². The molecule has 0 fully saturated rings. The van der Waals surface area contributed by atoms with E-state index in [1.165, 1.54) is 0 Å². The van der Waals surface area contributed by atoms with E-state index in [0.717, 1.165) is 10.9 Å². The van der Waals surface area contributed by atoms with Crippen molar-refractivity contribution in [3.63, 3.8) is 0 Å². The van der Waals surface area contributed by atoms with Crippen LogP contribution < -0.4 is 5.32 Å². The molecule has 0 unspecified atom stereocenters. The van der Waals surface area contributed by atoms with Crippen molar-refractivity contribution in [3.8, 4) is 0 Å². The Bertz CT molecular complexity index is 536. The number of fused-ring (bicyclic) bond motifs is 1. The summed E-state index contributed by atoms with van der Waals surface area (Å²) in [6, 6.07) is 5.61. The lowest BCUT2D eigenvalue weighted by Crippen LogP contribution is -2.23. The van der Waals surface area contributed by atoms with Gasteiger partial charge in [0.2, 0.25) is 5.91 Å². The van der Waals surface area contributed by atoms with E-state index in [1.54, 1.807) is 6.20 Å². The number of hydrogen-bond donors (Lipinski definition) is 1. The van der Waals surface area contributed by atoms with Gasteiger partial charge in [-0.05, 0) is 25.1 Å². The predicted molar refractivity (Wildman–Crippen MR) is 68.0 cm³/mol. The van der Waals surface area contributed by atoms with Gasteiger partial charge >= 0.3 is 0 Å². The van der Waals surface area contributed by atoms with Crippen LogP contribution >= 0.6 is 11.6 Å². The molecule has 0 aliphatic carbocycles. The third kappa shape index (κ3) is 2.77. The largest absolute Gasteiger partial charge is 0.356 e. The van der Waals surface area contributed by atoms with Crippen LogP contribution in [0.1, 0.15) is 13.3 Å². The Labute approximate surface area is 105 Å². The number of benzene rings is 1. The van der Waals surface area contributed by atoms with Crippen LogP contribution in [0.15, 0.2) is 24.4 Å². The Hall–Kier alpha value is -1.55. The summed E-state index contributed by atoms with van der Waals surface area (Å²) in [5.41, 5.74) is 0.999. The van der Waals surface area contributed by atoms with E-state index in [4.69, 9.17) is 11.6 Å². The maximum atomic E-state index is 11.4. The molecule has 0 atom stereocenters. The van der Waals surface area contributed by atoms with Gasteiger partial charge in [0.25, 0.3) is 0 Å². The highest BCUT2D eigenvalue weighted by molar-refractivity contribution is 6.31. The molecule has 1 heterocycles. The van der Waals surface area contributed by atoms with Gasteiger partial charge in [-0.1, -0.05) is 11.6 Å². The number of halogens is 1. The Morgan fingerprint density at radius 1 is 1.53 bits per heavy atom. The fourth-order valence-corrected chi connectivity index (χ4v) is 1.91. The van der Waals surface area contributed by atoms with Crippen LogP contribution in [0.5, 0.6) is 0 Å². The van der Waals surface area contributed by atoms with Crippen LogP contribution in [-0.4, -0.2) is 22.2 Å². The molecule has 0 aliphatic heterocycles. The molecule has 17 heavy (non-hydrogen) atoms. The van der Waals surface area contributed by atoms with Crippen molar-refractivity contribution >= 4 is 28.4 Å². The number of nitrogens with one attached hydrogen (secondary N) is 1. The lowest BCUT2D eigenvalue weighted by Gasteiger charge is -2.04. The molecule has 0 saturated carbocycles.